The van der Waals surface area contributed by atoms with Crippen LogP contribution in [-0.2, 0) is 0 Å². The summed E-state index contributed by atoms with van der Waals surface area (Å²) in [4.78, 5) is 18.6. The first-order valence-corrected chi connectivity index (χ1v) is 10.4. The predicted molar refractivity (Wildman–Crippen MR) is 114 cm³/mol. The Balaban J connectivity index is 1.54. The molecule has 0 saturated carbocycles. The van der Waals surface area contributed by atoms with E-state index in [9.17, 15) is 0 Å². The Bertz CT molecular complexity index is 755. The summed E-state index contributed by atoms with van der Waals surface area (Å²) in [5.41, 5.74) is 5.30. The third-order valence-corrected chi connectivity index (χ3v) is 5.35. The predicted octanol–water partition coefficient (Wildman–Crippen LogP) is 3.61. The number of anilines is 3. The zero-order valence-corrected chi connectivity index (χ0v) is 16.6. The third kappa shape index (κ3) is 4.77. The maximum absolute atomic E-state index is 4.79. The number of hydrazone groups is 1. The molecular formula is C21H29N7. The molecule has 0 spiro atoms. The van der Waals surface area contributed by atoms with Crippen molar-refractivity contribution in [1.29, 1.82) is 0 Å². The van der Waals surface area contributed by atoms with Crippen LogP contribution in [0.2, 0.25) is 0 Å². The van der Waals surface area contributed by atoms with Gasteiger partial charge in [-0.2, -0.15) is 20.1 Å². The number of rotatable bonds is 5. The first-order valence-electron chi connectivity index (χ1n) is 10.4. The topological polar surface area (TPSA) is 69.5 Å². The molecule has 28 heavy (non-hydrogen) atoms. The fourth-order valence-electron chi connectivity index (χ4n) is 3.69. The van der Waals surface area contributed by atoms with Crippen molar-refractivity contribution >= 4 is 24.1 Å². The number of aryl methyl sites for hydroxylation is 1. The lowest BCUT2D eigenvalue weighted by Crippen LogP contribution is -2.34. The molecule has 2 fully saturated rings. The van der Waals surface area contributed by atoms with Gasteiger partial charge in [-0.05, 0) is 51.0 Å². The SMILES string of the molecule is Cc1ccc(C=NNc2nc(N3CCCCC3)nc(N3CCCCC3)n2)cc1. The summed E-state index contributed by atoms with van der Waals surface area (Å²) in [5, 5.41) is 4.35. The van der Waals surface area contributed by atoms with Crippen molar-refractivity contribution in [3.05, 3.63) is 35.4 Å². The molecule has 148 valence electrons. The largest absolute Gasteiger partial charge is 0.341 e. The standard InChI is InChI=1S/C21H29N7/c1-17-8-10-18(11-9-17)16-22-26-19-23-20(27-12-4-2-5-13-27)25-21(24-19)28-14-6-3-7-15-28/h8-11,16H,2-7,12-15H2,1H3,(H,23,24,25,26). The van der Waals surface area contributed by atoms with Crippen LogP contribution in [0.4, 0.5) is 17.8 Å². The fraction of sp³-hybridized carbons (Fsp3) is 0.524. The molecule has 0 atom stereocenters. The summed E-state index contributed by atoms with van der Waals surface area (Å²) in [6.45, 7) is 6.12. The van der Waals surface area contributed by atoms with Crippen LogP contribution in [0, 0.1) is 6.92 Å². The number of piperidine rings is 2. The van der Waals surface area contributed by atoms with Crippen molar-refractivity contribution in [2.75, 3.05) is 41.4 Å². The van der Waals surface area contributed by atoms with E-state index in [-0.39, 0.29) is 0 Å². The van der Waals surface area contributed by atoms with Gasteiger partial charge in [-0.1, -0.05) is 29.8 Å². The van der Waals surface area contributed by atoms with Crippen LogP contribution in [0.15, 0.2) is 29.4 Å². The van der Waals surface area contributed by atoms with Crippen LogP contribution >= 0.6 is 0 Å². The van der Waals surface area contributed by atoms with E-state index >= 15 is 0 Å². The molecule has 0 radical (unpaired) electrons. The van der Waals surface area contributed by atoms with E-state index < -0.39 is 0 Å². The average molecular weight is 380 g/mol. The molecule has 1 N–H and O–H groups in total. The molecule has 2 saturated heterocycles. The number of nitrogens with zero attached hydrogens (tertiary/aromatic N) is 6. The third-order valence-electron chi connectivity index (χ3n) is 5.35. The van der Waals surface area contributed by atoms with Crippen LogP contribution in [0.25, 0.3) is 0 Å². The zero-order chi connectivity index (χ0) is 19.2. The second-order valence-electron chi connectivity index (χ2n) is 7.64. The van der Waals surface area contributed by atoms with E-state index in [1.807, 2.05) is 12.1 Å². The zero-order valence-electron chi connectivity index (χ0n) is 16.6. The van der Waals surface area contributed by atoms with E-state index in [1.54, 1.807) is 6.21 Å². The van der Waals surface area contributed by atoms with Gasteiger partial charge in [-0.25, -0.2) is 5.43 Å². The summed E-state index contributed by atoms with van der Waals surface area (Å²) in [6.07, 6.45) is 9.14. The smallest absolute Gasteiger partial charge is 0.250 e. The molecule has 1 aromatic carbocycles. The summed E-state index contributed by atoms with van der Waals surface area (Å²) in [5.74, 6) is 2.05. The summed E-state index contributed by atoms with van der Waals surface area (Å²) >= 11 is 0. The Morgan fingerprint density at radius 3 is 1.86 bits per heavy atom. The van der Waals surface area contributed by atoms with Crippen molar-refractivity contribution < 1.29 is 0 Å². The number of benzene rings is 1. The van der Waals surface area contributed by atoms with E-state index in [0.717, 1.165) is 43.6 Å². The molecule has 2 aliphatic heterocycles. The molecule has 4 rings (SSSR count). The van der Waals surface area contributed by atoms with Crippen LogP contribution in [0.5, 0.6) is 0 Å². The van der Waals surface area contributed by atoms with Gasteiger partial charge >= 0.3 is 0 Å². The monoisotopic (exact) mass is 379 g/mol. The quantitative estimate of drug-likeness (QED) is 0.632. The summed E-state index contributed by atoms with van der Waals surface area (Å²) < 4.78 is 0. The lowest BCUT2D eigenvalue weighted by molar-refractivity contribution is 0.556. The van der Waals surface area contributed by atoms with Crippen LogP contribution in [0.1, 0.15) is 49.7 Å². The number of hydrogen-bond acceptors (Lipinski definition) is 7. The molecular weight excluding hydrogens is 350 g/mol. The minimum absolute atomic E-state index is 0.513. The normalized spacial score (nSPS) is 17.9. The Labute approximate surface area is 166 Å². The van der Waals surface area contributed by atoms with Crippen molar-refractivity contribution in [1.82, 2.24) is 15.0 Å². The Morgan fingerprint density at radius 1 is 0.786 bits per heavy atom. The fourth-order valence-corrected chi connectivity index (χ4v) is 3.69. The minimum atomic E-state index is 0.513. The van der Waals surface area contributed by atoms with Gasteiger partial charge in [0.1, 0.15) is 0 Å². The highest BCUT2D eigenvalue weighted by Gasteiger charge is 2.20. The second kappa shape index (κ2) is 8.99. The highest BCUT2D eigenvalue weighted by molar-refractivity contribution is 5.80. The van der Waals surface area contributed by atoms with Crippen LogP contribution < -0.4 is 15.2 Å². The highest BCUT2D eigenvalue weighted by Crippen LogP contribution is 2.22. The average Bonchev–Trinajstić information content (AvgIpc) is 2.76. The molecule has 2 aromatic rings. The molecule has 0 unspecified atom stereocenters. The number of aromatic nitrogens is 3. The number of hydrogen-bond donors (Lipinski definition) is 1. The molecule has 0 bridgehead atoms. The Kier molecular flexibility index (Phi) is 5.99. The van der Waals surface area contributed by atoms with E-state index in [0.29, 0.717) is 5.95 Å². The van der Waals surface area contributed by atoms with Gasteiger partial charge in [0.2, 0.25) is 17.8 Å². The van der Waals surface area contributed by atoms with Gasteiger partial charge in [0.15, 0.2) is 0 Å². The van der Waals surface area contributed by atoms with Gasteiger partial charge in [0, 0.05) is 26.2 Å². The lowest BCUT2D eigenvalue weighted by Gasteiger charge is -2.30. The van der Waals surface area contributed by atoms with Gasteiger partial charge in [-0.15, -0.1) is 0 Å². The number of nitrogens with one attached hydrogen (secondary N) is 1. The van der Waals surface area contributed by atoms with Gasteiger partial charge in [0.05, 0.1) is 6.21 Å². The molecule has 3 heterocycles. The summed E-state index contributed by atoms with van der Waals surface area (Å²) in [6, 6.07) is 8.25. The first-order chi connectivity index (χ1) is 13.8. The minimum Gasteiger partial charge on any atom is -0.341 e. The molecule has 7 heteroatoms. The van der Waals surface area contributed by atoms with Crippen LogP contribution in [0.3, 0.4) is 0 Å². The van der Waals surface area contributed by atoms with E-state index in [2.05, 4.69) is 49.4 Å². The molecule has 0 aliphatic carbocycles. The van der Waals surface area contributed by atoms with Crippen molar-refractivity contribution in [2.45, 2.75) is 45.4 Å². The van der Waals surface area contributed by atoms with Gasteiger partial charge in [0.25, 0.3) is 0 Å². The molecule has 0 amide bonds. The Hall–Kier alpha value is -2.70. The van der Waals surface area contributed by atoms with Crippen molar-refractivity contribution in [2.24, 2.45) is 5.10 Å². The molecule has 2 aliphatic rings. The molecule has 7 nitrogen and oxygen atoms in total. The maximum atomic E-state index is 4.79. The second-order valence-corrected chi connectivity index (χ2v) is 7.64. The lowest BCUT2D eigenvalue weighted by atomic mass is 10.1. The Morgan fingerprint density at radius 2 is 1.32 bits per heavy atom. The van der Waals surface area contributed by atoms with Gasteiger partial charge < -0.3 is 9.80 Å². The van der Waals surface area contributed by atoms with Crippen molar-refractivity contribution in [3.8, 4) is 0 Å². The van der Waals surface area contributed by atoms with E-state index in [4.69, 9.17) is 4.98 Å². The first kappa shape index (κ1) is 18.7. The van der Waals surface area contributed by atoms with Crippen molar-refractivity contribution in [3.63, 3.8) is 0 Å². The van der Waals surface area contributed by atoms with Crippen LogP contribution in [-0.4, -0.2) is 47.3 Å². The van der Waals surface area contributed by atoms with Gasteiger partial charge in [-0.3, -0.25) is 0 Å². The van der Waals surface area contributed by atoms with E-state index in [1.165, 1.54) is 44.1 Å². The summed E-state index contributed by atoms with van der Waals surface area (Å²) in [7, 11) is 0. The maximum Gasteiger partial charge on any atom is 0.250 e. The molecule has 1 aromatic heterocycles. The highest BCUT2D eigenvalue weighted by atomic mass is 15.4.